The number of rotatable bonds is 17. The van der Waals surface area contributed by atoms with E-state index in [1.54, 1.807) is 0 Å². The van der Waals surface area contributed by atoms with Gasteiger partial charge in [0.05, 0.1) is 33.0 Å². The highest BCUT2D eigenvalue weighted by Gasteiger charge is 2.04. The van der Waals surface area contributed by atoms with Gasteiger partial charge in [0.2, 0.25) is 11.8 Å². The van der Waals surface area contributed by atoms with Gasteiger partial charge in [-0.2, -0.15) is 0 Å². The Morgan fingerprint density at radius 1 is 0.760 bits per heavy atom. The normalized spacial score (nSPS) is 10.4. The molecule has 0 spiro atoms. The smallest absolute Gasteiger partial charge is 0.329 e. The first-order chi connectivity index (χ1) is 12.1. The molecule has 0 aromatic rings. The summed E-state index contributed by atoms with van der Waals surface area (Å²) in [5.41, 5.74) is 0. The predicted molar refractivity (Wildman–Crippen MR) is 89.3 cm³/mol. The van der Waals surface area contributed by atoms with Crippen LogP contribution in [0.4, 0.5) is 0 Å². The third kappa shape index (κ3) is 18.4. The van der Waals surface area contributed by atoms with Gasteiger partial charge in [0.15, 0.2) is 0 Å². The number of nitrogens with one attached hydrogen (secondary N) is 3. The van der Waals surface area contributed by atoms with Gasteiger partial charge in [-0.3, -0.25) is 9.59 Å². The second-order valence-electron chi connectivity index (χ2n) is 4.97. The molecule has 10 nitrogen and oxygen atoms in total. The van der Waals surface area contributed by atoms with Gasteiger partial charge in [-0.05, 0) is 7.05 Å². The number of likely N-dealkylation sites (N-methyl/N-ethyl adjacent to an activating group) is 1. The zero-order chi connectivity index (χ0) is 18.8. The third-order valence-electron chi connectivity index (χ3n) is 2.81. The Balaban J connectivity index is 3.36. The number of ether oxygens (including phenoxy) is 3. The maximum absolute atomic E-state index is 11.5. The molecule has 0 atom stereocenters. The van der Waals surface area contributed by atoms with Crippen molar-refractivity contribution in [3.05, 3.63) is 0 Å². The molecule has 146 valence electrons. The largest absolute Gasteiger partial charge is 0.480 e. The summed E-state index contributed by atoms with van der Waals surface area (Å²) in [5.74, 6) is -1.48. The lowest BCUT2D eigenvalue weighted by Gasteiger charge is -2.08. The molecule has 0 bridgehead atoms. The Hall–Kier alpha value is -1.75. The van der Waals surface area contributed by atoms with Gasteiger partial charge >= 0.3 is 5.97 Å². The Labute approximate surface area is 147 Å². The first-order valence-electron chi connectivity index (χ1n) is 8.19. The maximum Gasteiger partial charge on any atom is 0.329 e. The monoisotopic (exact) mass is 363 g/mol. The van der Waals surface area contributed by atoms with Gasteiger partial charge in [0.25, 0.3) is 0 Å². The fourth-order valence-corrected chi connectivity index (χ4v) is 1.58. The lowest BCUT2D eigenvalue weighted by Crippen LogP contribution is -2.32. The third-order valence-corrected chi connectivity index (χ3v) is 2.81. The number of carboxylic acids is 1. The number of carboxylic acid groups (broad SMARTS) is 1. The zero-order valence-corrected chi connectivity index (χ0v) is 14.7. The summed E-state index contributed by atoms with van der Waals surface area (Å²) >= 11 is 0. The first kappa shape index (κ1) is 23.2. The summed E-state index contributed by atoms with van der Waals surface area (Å²) in [5, 5.41) is 16.5. The second-order valence-corrected chi connectivity index (χ2v) is 4.97. The van der Waals surface area contributed by atoms with Crippen molar-refractivity contribution in [3.63, 3.8) is 0 Å². The Bertz CT molecular complexity index is 380. The topological polar surface area (TPSA) is 135 Å². The summed E-state index contributed by atoms with van der Waals surface area (Å²) in [6.07, 6.45) is 0.367. The molecule has 0 aromatic heterocycles. The van der Waals surface area contributed by atoms with Crippen molar-refractivity contribution in [1.29, 1.82) is 0 Å². The van der Waals surface area contributed by atoms with Crippen molar-refractivity contribution in [1.82, 2.24) is 16.0 Å². The lowest BCUT2D eigenvalue weighted by atomic mass is 10.3. The van der Waals surface area contributed by atoms with Crippen LogP contribution < -0.4 is 16.0 Å². The van der Waals surface area contributed by atoms with E-state index in [0.717, 1.165) is 6.54 Å². The molecule has 2 amide bonds. The van der Waals surface area contributed by atoms with Gasteiger partial charge in [0, 0.05) is 32.5 Å². The molecule has 0 unspecified atom stereocenters. The van der Waals surface area contributed by atoms with Crippen LogP contribution in [-0.4, -0.2) is 89.2 Å². The highest BCUT2D eigenvalue weighted by molar-refractivity contribution is 5.78. The minimum Gasteiger partial charge on any atom is -0.480 e. The first-order valence-corrected chi connectivity index (χ1v) is 8.19. The second kappa shape index (κ2) is 17.1. The van der Waals surface area contributed by atoms with Crippen molar-refractivity contribution in [2.24, 2.45) is 0 Å². The molecule has 0 aliphatic carbocycles. The van der Waals surface area contributed by atoms with Crippen molar-refractivity contribution < 1.29 is 33.7 Å². The Morgan fingerprint density at radius 3 is 2.04 bits per heavy atom. The van der Waals surface area contributed by atoms with Gasteiger partial charge in [-0.1, -0.05) is 0 Å². The maximum atomic E-state index is 11.5. The number of carbonyl (C=O) groups excluding carboxylic acids is 2. The van der Waals surface area contributed by atoms with Crippen LogP contribution in [0.5, 0.6) is 0 Å². The van der Waals surface area contributed by atoms with Gasteiger partial charge in [0.1, 0.15) is 6.61 Å². The summed E-state index contributed by atoms with van der Waals surface area (Å²) in [6, 6.07) is 0. The van der Waals surface area contributed by atoms with E-state index in [4.69, 9.17) is 19.3 Å². The van der Waals surface area contributed by atoms with Gasteiger partial charge < -0.3 is 35.3 Å². The van der Waals surface area contributed by atoms with E-state index in [2.05, 4.69) is 16.0 Å². The summed E-state index contributed by atoms with van der Waals surface area (Å²) in [6.45, 7) is 2.81. The quantitative estimate of drug-likeness (QED) is 0.226. The molecule has 0 aliphatic heterocycles. The lowest BCUT2D eigenvalue weighted by molar-refractivity contribution is -0.142. The highest BCUT2D eigenvalue weighted by Crippen LogP contribution is 1.86. The summed E-state index contributed by atoms with van der Waals surface area (Å²) < 4.78 is 15.3. The van der Waals surface area contributed by atoms with Gasteiger partial charge in [-0.15, -0.1) is 0 Å². The Morgan fingerprint density at radius 2 is 1.36 bits per heavy atom. The highest BCUT2D eigenvalue weighted by atomic mass is 16.5. The fourth-order valence-electron chi connectivity index (χ4n) is 1.58. The molecule has 0 aromatic carbocycles. The molecule has 25 heavy (non-hydrogen) atoms. The molecule has 0 saturated carbocycles. The number of hydrogen-bond donors (Lipinski definition) is 4. The van der Waals surface area contributed by atoms with Crippen molar-refractivity contribution in [2.45, 2.75) is 12.8 Å². The van der Waals surface area contributed by atoms with Crippen LogP contribution in [0.2, 0.25) is 0 Å². The number of carbonyl (C=O) groups is 3. The van der Waals surface area contributed by atoms with E-state index in [9.17, 15) is 14.4 Å². The van der Waals surface area contributed by atoms with E-state index in [1.807, 2.05) is 7.05 Å². The molecule has 0 fully saturated rings. The fraction of sp³-hybridized carbons (Fsp3) is 0.800. The number of hydrogen-bond acceptors (Lipinski definition) is 7. The van der Waals surface area contributed by atoms with Crippen LogP contribution in [0.25, 0.3) is 0 Å². The molecule has 0 saturated heterocycles. The molecule has 10 heteroatoms. The number of amides is 2. The summed E-state index contributed by atoms with van der Waals surface area (Å²) in [7, 11) is 1.85. The zero-order valence-electron chi connectivity index (χ0n) is 14.7. The minimum atomic E-state index is -1.06. The molecular weight excluding hydrogens is 334 g/mol. The van der Waals surface area contributed by atoms with Crippen molar-refractivity contribution in [3.8, 4) is 0 Å². The molecule has 0 radical (unpaired) electrons. The van der Waals surface area contributed by atoms with E-state index in [-0.39, 0.29) is 44.4 Å². The Kier molecular flexibility index (Phi) is 15.9. The van der Waals surface area contributed by atoms with Crippen LogP contribution in [0.15, 0.2) is 0 Å². The van der Waals surface area contributed by atoms with Crippen molar-refractivity contribution >= 4 is 17.8 Å². The average molecular weight is 363 g/mol. The van der Waals surface area contributed by atoms with Crippen LogP contribution in [0, 0.1) is 0 Å². The van der Waals surface area contributed by atoms with Crippen LogP contribution >= 0.6 is 0 Å². The van der Waals surface area contributed by atoms with E-state index in [1.165, 1.54) is 0 Å². The molecule has 0 rings (SSSR count). The minimum absolute atomic E-state index is 0.125. The van der Waals surface area contributed by atoms with Crippen LogP contribution in [0.1, 0.15) is 12.8 Å². The molecule has 0 heterocycles. The molecule has 0 aliphatic rings. The van der Waals surface area contributed by atoms with Crippen LogP contribution in [0.3, 0.4) is 0 Å². The summed E-state index contributed by atoms with van der Waals surface area (Å²) in [4.78, 5) is 33.2. The number of aliphatic carboxylic acids is 1. The van der Waals surface area contributed by atoms with E-state index >= 15 is 0 Å². The van der Waals surface area contributed by atoms with Crippen LogP contribution in [-0.2, 0) is 28.6 Å². The molecule has 4 N–H and O–H groups in total. The SMILES string of the molecule is CNCCOCCOCCC(=O)NCCC(=O)NCCOCC(=O)O. The predicted octanol–water partition coefficient (Wildman–Crippen LogP) is -1.65. The standard InChI is InChI=1S/C15H29N3O7/c1-16-5-8-24-11-10-23-7-3-14(20)17-4-2-13(19)18-6-9-25-12-15(21)22/h16H,2-12H2,1H3,(H,17,20)(H,18,19)(H,21,22). The molecular formula is C15H29N3O7. The van der Waals surface area contributed by atoms with E-state index < -0.39 is 12.6 Å². The average Bonchev–Trinajstić information content (AvgIpc) is 2.56. The van der Waals surface area contributed by atoms with Crippen molar-refractivity contribution in [2.75, 3.05) is 66.3 Å². The van der Waals surface area contributed by atoms with Gasteiger partial charge in [-0.25, -0.2) is 4.79 Å². The van der Waals surface area contributed by atoms with E-state index in [0.29, 0.717) is 26.4 Å².